The van der Waals surface area contributed by atoms with Crippen molar-refractivity contribution in [3.8, 4) is 0 Å². The second kappa shape index (κ2) is 755. The van der Waals surface area contributed by atoms with Crippen molar-refractivity contribution in [3.63, 3.8) is 0 Å². The predicted molar refractivity (Wildman–Crippen MR) is 804 cm³/mol. The zero-order chi connectivity index (χ0) is 138. The topological polar surface area (TPSA) is 0 Å². The number of fused-ring (bicyclic) bond motifs is 3. The van der Waals surface area contributed by atoms with E-state index >= 15 is 0 Å². The van der Waals surface area contributed by atoms with E-state index < -0.39 is 0 Å². The number of aryl methyl sites for hydroxylation is 1. The molecule has 0 amide bonds. The minimum atomic E-state index is 0. The van der Waals surface area contributed by atoms with Crippen molar-refractivity contribution in [2.24, 2.45) is 0 Å². The molecule has 0 aliphatic rings. The van der Waals surface area contributed by atoms with E-state index in [-0.39, 0.29) is 71.0 Å². The molecule has 0 aliphatic heterocycles. The summed E-state index contributed by atoms with van der Waals surface area (Å²) >= 11 is 139. The van der Waals surface area contributed by atoms with Crippen LogP contribution in [-0.2, 0) is 5.41 Å². The van der Waals surface area contributed by atoms with Crippen LogP contribution in [0.4, 0.5) is 0 Å². The van der Waals surface area contributed by atoms with E-state index in [0.717, 1.165) is 4060 Å². The van der Waals surface area contributed by atoms with Gasteiger partial charge in [-0.2, -0.15) is 0 Å². The van der Waals surface area contributed by atoms with Crippen LogP contribution in [0.3, 0.4) is 0 Å². The summed E-state index contributed by atoms with van der Waals surface area (Å²) in [5.41, 5.74) is 3.03. The molecule has 0 heterocycles. The summed E-state index contributed by atoms with van der Waals surface area (Å²) in [5.74, 6) is 0. The van der Waals surface area contributed by atoms with Crippen molar-refractivity contribution in [2.75, 3.05) is 0 Å². The first kappa shape index (κ1) is 524. The van der Waals surface area contributed by atoms with E-state index in [2.05, 4.69) is 76.2 Å². The van der Waals surface area contributed by atoms with Gasteiger partial charge in [-0.3, -0.25) is 0 Å². The van der Waals surface area contributed by atoms with Gasteiger partial charge in [0, 0.05) is 0 Å². The van der Waals surface area contributed by atoms with Crippen molar-refractivity contribution < 1.29 is 58.2 Å². The number of hydrogen-bond acceptors (Lipinski definition) is 0. The van der Waals surface area contributed by atoms with Crippen LogP contribution in [0.5, 0.6) is 0 Å². The molecule has 3 rings (SSSR count). The number of hydrogen-bond donors (Lipinski definition) is 0. The van der Waals surface area contributed by atoms with Gasteiger partial charge in [-0.05, 0) is 45.0 Å². The summed E-state index contributed by atoms with van der Waals surface area (Å²) in [7, 11) is 0. The van der Waals surface area contributed by atoms with E-state index in [1.807, 2.05) is 27.7 Å². The monoisotopic (exact) mass is 10600 g/mol. The number of benzene rings is 3. The van der Waals surface area contributed by atoms with Crippen molar-refractivity contribution >= 4 is 4080 Å². The van der Waals surface area contributed by atoms with E-state index in [1.54, 1.807) is 0 Å². The molecule has 3 aromatic carbocycles. The summed E-state index contributed by atoms with van der Waals surface area (Å²) in [4.78, 5) is 0. The fourth-order valence-electron chi connectivity index (χ4n) is 3.19. The molecule has 0 bridgehead atoms. The van der Waals surface area contributed by atoms with Gasteiger partial charge in [-0.1, -0.05) is 97.0 Å². The Kier molecular flexibility index (Phi) is 2730. The number of rotatable bonds is 0. The molecule has 121 heteroatoms. The van der Waals surface area contributed by atoms with E-state index in [0.29, 0.717) is 0 Å². The van der Waals surface area contributed by atoms with E-state index in [4.69, 9.17) is 0 Å². The van der Waals surface area contributed by atoms with Crippen molar-refractivity contribution in [1.29, 1.82) is 0 Å². The van der Waals surface area contributed by atoms with Crippen LogP contribution in [0.2, 0.25) is 0 Å². The SMILES string of the molecule is CC.CC.Cc1ccc2c(ccc3ccccc32)c1C(C)(C)C.[CH3-].[Rb+].[Rb][Rb].[Rb][Rb].[Rb][Rb].[Rb][Rb].[Rb][Rb].[Rb][Rb].[Rb][Rb].[Rb][Rb].[Rb][Rb].[Rb][Rb].[Rb][Rb].[Rb][Rb].[Rb][Rb].[Rb][Rb].[Rb][Rb].[Rb][Rb].[Rb][Rb].[Rb][Rb].[Rb][Rb].[Rb][Rb].[Rb][Rb].[Rb][Rb].[Rb][Rb].[Rb][Rb].[Rb][Rb].[Rb][Rb].[Rb][Rb].[Rb][Rb].[Rb][Rb].[Rb][Rb].[Rb][Rb].[Rb][Rb].[Rb][Rb].[Rb][Rb].[Rb][Rb].[Rb][Rb].[Rb][Rb].[Rb][Rb].[Rb][Rb].[Rb][Rb].[Rb][Rb].[Rb][Rb].[Rb][Rb].[Rb][Rb].[Rb][Rb].[Rb][Rb].[Rb][Rb].[Rb][Rb].[Rb][Rb].[Rb][Rb].[Rb][Rb].[Rb][Rb].[Rb][Rb].[Rb][Rb].[Rb][Rb].[Rb][Rb].[Rb][Rb].[Rb][Rb].[Rb][Rb].[Rb][Rb]. The molecule has 0 unspecified atom stereocenters. The summed E-state index contributed by atoms with van der Waals surface area (Å²) in [6.07, 6.45) is 0. The van der Waals surface area contributed by atoms with Gasteiger partial charge in [-0.15, -0.1) is 0 Å². The average Bonchev–Trinajstić information content (AvgIpc) is 0.761. The Bertz CT molecular complexity index is 852. The molecule has 0 N–H and O–H groups in total. The Morgan fingerprint density at radius 1 is 0.124 bits per heavy atom. The Morgan fingerprint density at radius 3 is 0.310 bits per heavy atom. The normalized spacial score (nSPS) is 4.99. The predicted octanol–water partition coefficient (Wildman–Crippen LogP) is -40.6. The van der Waals surface area contributed by atoms with Crippen LogP contribution >= 0.6 is 0 Å². The second-order valence-corrected chi connectivity index (χ2v) is 6.39. The first-order valence-electron chi connectivity index (χ1n) is 68.9. The van der Waals surface area contributed by atoms with Crippen LogP contribution < -0.4 is 58.2 Å². The van der Waals surface area contributed by atoms with Gasteiger partial charge in [-0.25, -0.2) is 0 Å². The Labute approximate surface area is 3920 Å². The minimum absolute atomic E-state index is 0. The van der Waals surface area contributed by atoms with Gasteiger partial charge in [0.1, 0.15) is 0 Å². The molecule has 0 fully saturated rings. The Balaban J connectivity index is -0.00000000830. The third kappa shape index (κ3) is 688. The van der Waals surface area contributed by atoms with Gasteiger partial charge in [0.2, 0.25) is 0 Å². The first-order valence-corrected chi connectivity index (χ1v) is 2110. The quantitative estimate of drug-likeness (QED) is 0.155. The summed E-state index contributed by atoms with van der Waals surface area (Å²) in [6, 6.07) is 17.7. The maximum absolute atomic E-state index is 2.30. The molecule has 0 aliphatic carbocycles. The molecule has 3 aromatic rings. The molecular formula is C24H35Rb121. The maximum atomic E-state index is 2.30. The van der Waals surface area contributed by atoms with Gasteiger partial charge in [0.15, 0.2) is 0 Å². The molecule has 0 aromatic heterocycles. The molecule has 145 heavy (non-hydrogen) atoms. The van der Waals surface area contributed by atoms with Crippen LogP contribution in [0.1, 0.15) is 59.6 Å². The van der Waals surface area contributed by atoms with Crippen molar-refractivity contribution in [2.45, 2.75) is 60.8 Å². The standard InChI is InChI=1S/C19H20.2C2H6.CH3.121Rb/c1-13-9-11-16-15-8-6-5-7-14(15)10-12-17(16)18(13)19(2,3)4;2*1-2;;;;;;;;;;;;;;;;;;;;;;;;;;;;;;;;;;;;;;;;;;;;;;;;;;;;;;;;;;;;;;;;;;;;;;;;;;;;;;;;;;;;;;;;;;;;;;;;;;;;;;;;;;;;;;;;;;;;;;;;;;/h5-12H,1-4H3;2*1-2H3;1H3;;;;;;;;;;;;;;;;;;;;;;;;;;;;;;;;;;;;;;;;;;;;;;;;;;;;;;;;;;;;;;;;;;;;;;;;;;;;;;;;;;;;;;;;;;;;;;;;;;;;;;;;;;;;;;;;;;;;;;;;;/q;;;-1;;;;;;;;;;;;;;;;;;;;;;;;;;;;;;;;;;;;;;;;;;;;;;;;;;;;;;;;;;;;;;;;;;;;;;;;;;;;;;;;;;;;;;;;;;;;;;;;;;;;;;;;;;;;;;;;;;;;;;;;;+1. The molecule has 0 saturated heterocycles. The third-order valence-corrected chi connectivity index (χ3v) is 3.88. The van der Waals surface area contributed by atoms with Crippen molar-refractivity contribution in [1.82, 2.24) is 0 Å². The summed E-state index contributed by atoms with van der Waals surface area (Å²) in [6.45, 7) is 17.1. The van der Waals surface area contributed by atoms with Crippen molar-refractivity contribution in [3.05, 3.63) is 67.1 Å². The van der Waals surface area contributed by atoms with Gasteiger partial charge >= 0.3 is 4120 Å². The average molecular weight is 10700 g/mol. The second-order valence-electron chi connectivity index (χ2n) is 6.39. The Hall–Kier alpha value is 217. The van der Waals surface area contributed by atoms with Gasteiger partial charge in [0.25, 0.3) is 0 Å². The fraction of sp³-hybridized carbons (Fsp3) is 0.375. The molecule has 0 saturated carbocycles. The van der Waals surface area contributed by atoms with Crippen LogP contribution in [0.15, 0.2) is 48.5 Å². The zero-order valence-corrected chi connectivity index (χ0v) is 733. The molecule has 0 radical (unpaired) electrons. The molecule has 0 spiro atoms. The summed E-state index contributed by atoms with van der Waals surface area (Å²) in [5, 5.41) is 5.43. The fourth-order valence-corrected chi connectivity index (χ4v) is 3.19. The molecular weight excluding hydrogens is 10600 g/mol. The van der Waals surface area contributed by atoms with E-state index in [1.165, 1.54) is 32.7 Å². The van der Waals surface area contributed by atoms with Gasteiger partial charge < -0.3 is 7.43 Å². The Morgan fingerprint density at radius 2 is 0.214 bits per heavy atom. The molecule has 0 nitrogen and oxygen atoms in total. The van der Waals surface area contributed by atoms with Gasteiger partial charge in [0.05, 0.1) is 0 Å². The first-order chi connectivity index (χ1) is 71.0. The molecule has 252 valence electrons. The van der Waals surface area contributed by atoms with E-state index in [9.17, 15) is 0 Å². The zero-order valence-electron chi connectivity index (χ0n) is 138. The van der Waals surface area contributed by atoms with Crippen LogP contribution in [-0.4, -0.2) is 4060 Å². The summed E-state index contributed by atoms with van der Waals surface area (Å²) < 4.78 is 0. The van der Waals surface area contributed by atoms with Crippen LogP contribution in [0, 0.1) is 14.4 Å². The molecule has 0 atom stereocenters. The third-order valence-electron chi connectivity index (χ3n) is 3.88. The van der Waals surface area contributed by atoms with Crippen LogP contribution in [0.25, 0.3) is 21.5 Å².